The van der Waals surface area contributed by atoms with Crippen LogP contribution in [0, 0.1) is 0 Å². The van der Waals surface area contributed by atoms with E-state index in [1.165, 1.54) is 15.8 Å². The van der Waals surface area contributed by atoms with Crippen LogP contribution in [0.25, 0.3) is 10.2 Å². The monoisotopic (exact) mass is 286 g/mol. The minimum Gasteiger partial charge on any atom is -0.472 e. The Morgan fingerprint density at radius 3 is 3.20 bits per heavy atom. The van der Waals surface area contributed by atoms with Gasteiger partial charge >= 0.3 is 0 Å². The molecule has 1 unspecified atom stereocenters. The fraction of sp³-hybridized carbons (Fsp3) is 0.312. The second-order valence-electron chi connectivity index (χ2n) is 4.95. The highest BCUT2D eigenvalue weighted by Crippen LogP contribution is 2.28. The number of nitrogens with zero attached hydrogens (tertiary/aromatic N) is 1. The van der Waals surface area contributed by atoms with Crippen LogP contribution in [-0.2, 0) is 6.42 Å². The molecule has 0 spiro atoms. The van der Waals surface area contributed by atoms with Crippen molar-refractivity contribution in [2.24, 2.45) is 0 Å². The zero-order chi connectivity index (χ0) is 13.8. The summed E-state index contributed by atoms with van der Waals surface area (Å²) in [6.45, 7) is 3.20. The van der Waals surface area contributed by atoms with Crippen molar-refractivity contribution in [3.8, 4) is 0 Å². The van der Waals surface area contributed by atoms with Crippen molar-refractivity contribution < 1.29 is 4.42 Å². The maximum atomic E-state index is 5.07. The van der Waals surface area contributed by atoms with Crippen LogP contribution in [0.15, 0.2) is 46.7 Å². The molecule has 4 heteroatoms. The van der Waals surface area contributed by atoms with Crippen LogP contribution < -0.4 is 5.32 Å². The van der Waals surface area contributed by atoms with E-state index in [4.69, 9.17) is 4.42 Å². The van der Waals surface area contributed by atoms with Gasteiger partial charge in [-0.3, -0.25) is 4.98 Å². The molecule has 0 aliphatic carbocycles. The van der Waals surface area contributed by atoms with Gasteiger partial charge in [0.2, 0.25) is 0 Å². The summed E-state index contributed by atoms with van der Waals surface area (Å²) >= 11 is 1.76. The Labute approximate surface area is 122 Å². The molecule has 0 fully saturated rings. The van der Waals surface area contributed by atoms with Crippen molar-refractivity contribution >= 4 is 21.6 Å². The lowest BCUT2D eigenvalue weighted by Crippen LogP contribution is -2.20. The summed E-state index contributed by atoms with van der Waals surface area (Å²) in [6, 6.07) is 6.48. The molecular formula is C16H18N2OS. The van der Waals surface area contributed by atoms with Gasteiger partial charge in [0, 0.05) is 17.8 Å². The average Bonchev–Trinajstić information content (AvgIpc) is 3.12. The second-order valence-corrected chi connectivity index (χ2v) is 5.86. The van der Waals surface area contributed by atoms with Crippen molar-refractivity contribution in [1.29, 1.82) is 0 Å². The van der Waals surface area contributed by atoms with E-state index in [0.29, 0.717) is 6.04 Å². The highest BCUT2D eigenvalue weighted by molar-refractivity contribution is 7.17. The molecule has 3 aromatic heterocycles. The van der Waals surface area contributed by atoms with E-state index < -0.39 is 0 Å². The number of aryl methyl sites for hydroxylation is 1. The molecule has 0 radical (unpaired) electrons. The second kappa shape index (κ2) is 6.20. The number of pyridine rings is 1. The highest BCUT2D eigenvalue weighted by atomic mass is 32.1. The van der Waals surface area contributed by atoms with Crippen LogP contribution in [0.2, 0.25) is 0 Å². The number of hydrogen-bond donors (Lipinski definition) is 1. The van der Waals surface area contributed by atoms with Crippen molar-refractivity contribution in [3.63, 3.8) is 0 Å². The summed E-state index contributed by atoms with van der Waals surface area (Å²) in [5.41, 5.74) is 3.70. The average molecular weight is 286 g/mol. The Morgan fingerprint density at radius 1 is 1.40 bits per heavy atom. The zero-order valence-corrected chi connectivity index (χ0v) is 12.3. The van der Waals surface area contributed by atoms with Crippen LogP contribution >= 0.6 is 11.3 Å². The van der Waals surface area contributed by atoms with Crippen molar-refractivity contribution in [3.05, 3.63) is 53.4 Å². The molecule has 0 amide bonds. The molecule has 0 aliphatic heterocycles. The number of thiophene rings is 1. The van der Waals surface area contributed by atoms with Gasteiger partial charge in [0.05, 0.1) is 22.7 Å². The molecule has 104 valence electrons. The largest absolute Gasteiger partial charge is 0.472 e. The standard InChI is InChI=1S/C16H18N2OS/c1-12(17-7-2-4-13-6-9-19-10-13)14-11-20-15-5-3-8-18-16(14)15/h3,5-6,8-12,17H,2,4,7H2,1H3. The topological polar surface area (TPSA) is 38.1 Å². The minimum absolute atomic E-state index is 0.336. The van der Waals surface area contributed by atoms with Crippen molar-refractivity contribution in [1.82, 2.24) is 10.3 Å². The van der Waals surface area contributed by atoms with E-state index in [9.17, 15) is 0 Å². The molecule has 1 N–H and O–H groups in total. The number of furan rings is 1. The van der Waals surface area contributed by atoms with Crippen LogP contribution in [-0.4, -0.2) is 11.5 Å². The lowest BCUT2D eigenvalue weighted by atomic mass is 10.1. The molecule has 1 atom stereocenters. The fourth-order valence-corrected chi connectivity index (χ4v) is 3.36. The van der Waals surface area contributed by atoms with Crippen LogP contribution in [0.4, 0.5) is 0 Å². The summed E-state index contributed by atoms with van der Waals surface area (Å²) in [6.07, 6.45) is 7.58. The normalized spacial score (nSPS) is 12.8. The van der Waals surface area contributed by atoms with Crippen molar-refractivity contribution in [2.75, 3.05) is 6.54 Å². The minimum atomic E-state index is 0.336. The first kappa shape index (κ1) is 13.3. The number of aromatic nitrogens is 1. The zero-order valence-electron chi connectivity index (χ0n) is 11.5. The Balaban J connectivity index is 1.55. The van der Waals surface area contributed by atoms with Crippen molar-refractivity contribution in [2.45, 2.75) is 25.8 Å². The third-order valence-corrected chi connectivity index (χ3v) is 4.45. The van der Waals surface area contributed by atoms with E-state index >= 15 is 0 Å². The Morgan fingerprint density at radius 2 is 2.35 bits per heavy atom. The first-order valence-corrected chi connectivity index (χ1v) is 7.79. The first-order chi connectivity index (χ1) is 9.84. The number of nitrogens with one attached hydrogen (secondary N) is 1. The molecule has 3 nitrogen and oxygen atoms in total. The van der Waals surface area contributed by atoms with Gasteiger partial charge in [-0.05, 0) is 55.5 Å². The summed E-state index contributed by atoms with van der Waals surface area (Å²) in [7, 11) is 0. The summed E-state index contributed by atoms with van der Waals surface area (Å²) in [5, 5.41) is 5.79. The third kappa shape index (κ3) is 2.92. The van der Waals surface area contributed by atoms with E-state index in [1.807, 2.05) is 24.6 Å². The highest BCUT2D eigenvalue weighted by Gasteiger charge is 2.11. The lowest BCUT2D eigenvalue weighted by molar-refractivity contribution is 0.551. The Bertz CT molecular complexity index is 660. The van der Waals surface area contributed by atoms with Gasteiger partial charge in [0.1, 0.15) is 0 Å². The van der Waals surface area contributed by atoms with E-state index in [-0.39, 0.29) is 0 Å². The van der Waals surface area contributed by atoms with Gasteiger partial charge in [-0.15, -0.1) is 11.3 Å². The number of fused-ring (bicyclic) bond motifs is 1. The van der Waals surface area contributed by atoms with Crippen LogP contribution in [0.1, 0.15) is 30.5 Å². The van der Waals surface area contributed by atoms with E-state index in [0.717, 1.165) is 24.9 Å². The quantitative estimate of drug-likeness (QED) is 0.691. The van der Waals surface area contributed by atoms with Crippen LogP contribution in [0.3, 0.4) is 0 Å². The Kier molecular flexibility index (Phi) is 4.14. The van der Waals surface area contributed by atoms with Gasteiger partial charge in [0.15, 0.2) is 0 Å². The molecular weight excluding hydrogens is 268 g/mol. The maximum absolute atomic E-state index is 5.07. The summed E-state index contributed by atoms with van der Waals surface area (Å²) in [4.78, 5) is 4.49. The van der Waals surface area contributed by atoms with Gasteiger partial charge in [0.25, 0.3) is 0 Å². The first-order valence-electron chi connectivity index (χ1n) is 6.91. The molecule has 0 saturated carbocycles. The summed E-state index contributed by atoms with van der Waals surface area (Å²) in [5.74, 6) is 0. The molecule has 20 heavy (non-hydrogen) atoms. The lowest BCUT2D eigenvalue weighted by Gasteiger charge is -2.12. The van der Waals surface area contributed by atoms with Crippen LogP contribution in [0.5, 0.6) is 0 Å². The smallest absolute Gasteiger partial charge is 0.0934 e. The van der Waals surface area contributed by atoms with E-state index in [1.54, 1.807) is 17.6 Å². The van der Waals surface area contributed by atoms with Gasteiger partial charge in [-0.2, -0.15) is 0 Å². The van der Waals surface area contributed by atoms with E-state index in [2.05, 4.69) is 28.7 Å². The maximum Gasteiger partial charge on any atom is 0.0934 e. The number of hydrogen-bond acceptors (Lipinski definition) is 4. The van der Waals surface area contributed by atoms with Gasteiger partial charge in [-0.1, -0.05) is 0 Å². The third-order valence-electron chi connectivity index (χ3n) is 3.50. The molecule has 0 saturated heterocycles. The SMILES string of the molecule is CC(NCCCc1ccoc1)c1csc2cccnc12. The molecule has 0 bridgehead atoms. The predicted octanol–water partition coefficient (Wildman–Crippen LogP) is 4.17. The predicted molar refractivity (Wildman–Crippen MR) is 83.1 cm³/mol. The summed E-state index contributed by atoms with van der Waals surface area (Å²) < 4.78 is 6.33. The molecule has 0 aromatic carbocycles. The van der Waals surface area contributed by atoms with Gasteiger partial charge in [-0.25, -0.2) is 0 Å². The molecule has 3 heterocycles. The Hall–Kier alpha value is -1.65. The molecule has 0 aliphatic rings. The fourth-order valence-electron chi connectivity index (χ4n) is 2.35. The molecule has 3 aromatic rings. The number of rotatable bonds is 6. The molecule has 3 rings (SSSR count). The van der Waals surface area contributed by atoms with Gasteiger partial charge < -0.3 is 9.73 Å².